The highest BCUT2D eigenvalue weighted by molar-refractivity contribution is 6.17. The normalized spacial score (nSPS) is 9.36. The van der Waals surface area contributed by atoms with Gasteiger partial charge in [0.25, 0.3) is 0 Å². The Morgan fingerprint density at radius 1 is 1.55 bits per heavy atom. The van der Waals surface area contributed by atoms with Gasteiger partial charge in [0.15, 0.2) is 5.82 Å². The van der Waals surface area contributed by atoms with Crippen molar-refractivity contribution in [1.82, 2.24) is 0 Å². The maximum atomic E-state index is 12.8. The quantitative estimate of drug-likeness (QED) is 0.643. The van der Waals surface area contributed by atoms with Crippen molar-refractivity contribution in [3.05, 3.63) is 29.6 Å². The van der Waals surface area contributed by atoms with Crippen LogP contribution in [0.3, 0.4) is 0 Å². The number of para-hydroxylation sites is 1. The minimum absolute atomic E-state index is 0.0648. The molecule has 1 aromatic rings. The summed E-state index contributed by atoms with van der Waals surface area (Å²) in [5.41, 5.74) is 0.648. The fraction of sp³-hybridized carbons (Fsp3) is 0.143. The van der Waals surface area contributed by atoms with Crippen LogP contribution in [0.4, 0.5) is 4.39 Å². The van der Waals surface area contributed by atoms with Gasteiger partial charge in [0.1, 0.15) is 5.75 Å². The summed E-state index contributed by atoms with van der Waals surface area (Å²) in [4.78, 5) is 0. The zero-order valence-electron chi connectivity index (χ0n) is 6.04. The molecular weight excluding hydrogens is 146 g/mol. The van der Waals surface area contributed by atoms with Gasteiger partial charge in [-0.2, -0.15) is 0 Å². The highest BCUT2D eigenvalue weighted by Crippen LogP contribution is 2.20. The van der Waals surface area contributed by atoms with Crippen LogP contribution < -0.4 is 4.65 Å². The Morgan fingerprint density at radius 2 is 2.27 bits per heavy atom. The average molecular weight is 153 g/mol. The highest BCUT2D eigenvalue weighted by atomic mass is 19.1. The Morgan fingerprint density at radius 3 is 2.82 bits per heavy atom. The Kier molecular flexibility index (Phi) is 2.49. The fourth-order valence-electron chi connectivity index (χ4n) is 0.819. The van der Waals surface area contributed by atoms with Crippen molar-refractivity contribution < 1.29 is 14.1 Å². The van der Waals surface area contributed by atoms with E-state index >= 15 is 0 Å². The van der Waals surface area contributed by atoms with Crippen molar-refractivity contribution in [1.29, 1.82) is 0 Å². The monoisotopic (exact) mass is 153 g/mol. The van der Waals surface area contributed by atoms with E-state index in [9.17, 15) is 4.39 Å². The largest absolute Gasteiger partial charge is 0.569 e. The summed E-state index contributed by atoms with van der Waals surface area (Å²) < 4.78 is 17.3. The van der Waals surface area contributed by atoms with E-state index in [-0.39, 0.29) is 5.75 Å². The van der Waals surface area contributed by atoms with Crippen LogP contribution in [0.2, 0.25) is 0 Å². The molecule has 11 heavy (non-hydrogen) atoms. The molecule has 0 unspecified atom stereocenters. The van der Waals surface area contributed by atoms with Gasteiger partial charge in [-0.15, -0.1) is 0 Å². The molecule has 0 aromatic heterocycles. The molecule has 0 aliphatic carbocycles. The SMILES string of the molecule is Cc1cccc(F)c1O[B]O. The molecule has 57 valence electrons. The number of halogens is 1. The van der Waals surface area contributed by atoms with Crippen LogP contribution in [-0.4, -0.2) is 12.7 Å². The molecule has 0 amide bonds. The predicted octanol–water partition coefficient (Wildman–Crippen LogP) is 1.04. The van der Waals surface area contributed by atoms with Crippen molar-refractivity contribution in [2.24, 2.45) is 0 Å². The first kappa shape index (κ1) is 8.08. The molecule has 1 radical (unpaired) electrons. The maximum absolute atomic E-state index is 12.8. The lowest BCUT2D eigenvalue weighted by Gasteiger charge is -2.05. The topological polar surface area (TPSA) is 29.5 Å². The molecule has 0 aliphatic rings. The third-order valence-electron chi connectivity index (χ3n) is 1.33. The van der Waals surface area contributed by atoms with Crippen LogP contribution in [0, 0.1) is 12.7 Å². The summed E-state index contributed by atoms with van der Waals surface area (Å²) in [5, 5.41) is 8.25. The molecular formula is C7H7BFO2. The minimum Gasteiger partial charge on any atom is -0.535 e. The number of hydrogen-bond donors (Lipinski definition) is 1. The first-order valence-electron chi connectivity index (χ1n) is 3.13. The van der Waals surface area contributed by atoms with E-state index in [1.807, 2.05) is 0 Å². The van der Waals surface area contributed by atoms with Crippen LogP contribution in [0.25, 0.3) is 0 Å². The van der Waals surface area contributed by atoms with E-state index in [1.165, 1.54) is 6.07 Å². The smallest absolute Gasteiger partial charge is 0.535 e. The summed E-state index contributed by atoms with van der Waals surface area (Å²) in [7, 11) is 0.464. The molecule has 1 rings (SSSR count). The molecule has 0 atom stereocenters. The summed E-state index contributed by atoms with van der Waals surface area (Å²) >= 11 is 0. The third-order valence-corrected chi connectivity index (χ3v) is 1.33. The second-order valence-corrected chi connectivity index (χ2v) is 2.11. The van der Waals surface area contributed by atoms with Gasteiger partial charge < -0.3 is 9.68 Å². The molecule has 1 aromatic carbocycles. The number of aryl methyl sites for hydroxylation is 1. The zero-order valence-corrected chi connectivity index (χ0v) is 6.04. The molecule has 0 heterocycles. The van der Waals surface area contributed by atoms with Gasteiger partial charge in [-0.1, -0.05) is 12.1 Å². The minimum atomic E-state index is -0.477. The molecule has 4 heteroatoms. The van der Waals surface area contributed by atoms with Gasteiger partial charge in [0, 0.05) is 0 Å². The van der Waals surface area contributed by atoms with Crippen LogP contribution in [-0.2, 0) is 0 Å². The summed E-state index contributed by atoms with van der Waals surface area (Å²) in [6.07, 6.45) is 0. The highest BCUT2D eigenvalue weighted by Gasteiger charge is 2.05. The molecule has 0 saturated carbocycles. The van der Waals surface area contributed by atoms with Gasteiger partial charge in [-0.3, -0.25) is 0 Å². The van der Waals surface area contributed by atoms with Gasteiger partial charge in [-0.25, -0.2) is 4.39 Å². The lowest BCUT2D eigenvalue weighted by molar-refractivity contribution is 0.429. The van der Waals surface area contributed by atoms with Gasteiger partial charge in [-0.05, 0) is 18.6 Å². The average Bonchev–Trinajstić information content (AvgIpc) is 1.97. The molecule has 1 N–H and O–H groups in total. The van der Waals surface area contributed by atoms with Gasteiger partial charge in [0.2, 0.25) is 0 Å². The molecule has 0 fully saturated rings. The fourth-order valence-corrected chi connectivity index (χ4v) is 0.819. The number of hydrogen-bond acceptors (Lipinski definition) is 2. The van der Waals surface area contributed by atoms with Gasteiger partial charge in [0.05, 0.1) is 0 Å². The zero-order chi connectivity index (χ0) is 8.27. The molecule has 2 nitrogen and oxygen atoms in total. The van der Waals surface area contributed by atoms with Gasteiger partial charge >= 0.3 is 7.69 Å². The molecule has 0 bridgehead atoms. The van der Waals surface area contributed by atoms with E-state index in [4.69, 9.17) is 5.02 Å². The van der Waals surface area contributed by atoms with Crippen LogP contribution in [0.15, 0.2) is 18.2 Å². The van der Waals surface area contributed by atoms with Crippen molar-refractivity contribution in [2.75, 3.05) is 0 Å². The summed E-state index contributed by atoms with van der Waals surface area (Å²) in [6, 6.07) is 4.54. The van der Waals surface area contributed by atoms with E-state index in [1.54, 1.807) is 19.1 Å². The number of benzene rings is 1. The van der Waals surface area contributed by atoms with Crippen molar-refractivity contribution in [2.45, 2.75) is 6.92 Å². The second kappa shape index (κ2) is 3.39. The van der Waals surface area contributed by atoms with Crippen molar-refractivity contribution in [3.63, 3.8) is 0 Å². The molecule has 0 spiro atoms. The lowest BCUT2D eigenvalue weighted by atomic mass is 10.2. The van der Waals surface area contributed by atoms with E-state index < -0.39 is 5.82 Å². The van der Waals surface area contributed by atoms with Crippen LogP contribution in [0.5, 0.6) is 5.75 Å². The summed E-state index contributed by atoms with van der Waals surface area (Å²) in [6.45, 7) is 1.70. The Balaban J connectivity index is 3.00. The van der Waals surface area contributed by atoms with E-state index in [2.05, 4.69) is 4.65 Å². The maximum Gasteiger partial charge on any atom is 0.569 e. The first-order valence-corrected chi connectivity index (χ1v) is 3.13. The van der Waals surface area contributed by atoms with Crippen LogP contribution >= 0.6 is 0 Å². The Labute approximate surface area is 64.9 Å². The molecule has 0 aliphatic heterocycles. The van der Waals surface area contributed by atoms with Crippen molar-refractivity contribution in [3.8, 4) is 5.75 Å². The lowest BCUT2D eigenvalue weighted by Crippen LogP contribution is -2.03. The van der Waals surface area contributed by atoms with E-state index in [0.717, 1.165) is 0 Å². The Bertz CT molecular complexity index is 232. The van der Waals surface area contributed by atoms with E-state index in [0.29, 0.717) is 13.2 Å². The van der Waals surface area contributed by atoms with Crippen LogP contribution in [0.1, 0.15) is 5.56 Å². The first-order chi connectivity index (χ1) is 5.25. The summed E-state index contributed by atoms with van der Waals surface area (Å²) in [5.74, 6) is -0.412. The Hall–Kier alpha value is -1.03. The van der Waals surface area contributed by atoms with Crippen molar-refractivity contribution >= 4 is 7.69 Å². The molecule has 0 saturated heterocycles. The third kappa shape index (κ3) is 1.71. The standard InChI is InChI=1S/C7H7BFO2/c1-5-3-2-4-6(9)7(5)11-8-10/h2-4,10H,1H3. The predicted molar refractivity (Wildman–Crippen MR) is 39.7 cm³/mol. The second-order valence-electron chi connectivity index (χ2n) is 2.11. The number of rotatable bonds is 2.